The van der Waals surface area contributed by atoms with E-state index in [0.29, 0.717) is 5.75 Å². The monoisotopic (exact) mass is 179 g/mol. The Bertz CT molecular complexity index is 248. The molecule has 0 aromatic heterocycles. The van der Waals surface area contributed by atoms with Gasteiger partial charge in [-0.2, -0.15) is 0 Å². The first-order valence-corrected chi connectivity index (χ1v) is 4.75. The van der Waals surface area contributed by atoms with Gasteiger partial charge in [-0.25, -0.2) is 0 Å². The lowest BCUT2D eigenvalue weighted by Crippen LogP contribution is -2.07. The molecule has 0 bridgehead atoms. The number of aromatic hydroxyl groups is 1. The number of nitrogens with one attached hydrogen (secondary N) is 1. The molecular formula is C11H17NO. The van der Waals surface area contributed by atoms with Crippen molar-refractivity contribution in [3.8, 4) is 5.75 Å². The van der Waals surface area contributed by atoms with Crippen molar-refractivity contribution in [2.45, 2.75) is 19.3 Å². The maximum Gasteiger partial charge on any atom is 0.115 e. The molecule has 1 aromatic carbocycles. The van der Waals surface area contributed by atoms with Crippen molar-refractivity contribution in [1.29, 1.82) is 0 Å². The highest BCUT2D eigenvalue weighted by atomic mass is 16.3. The Morgan fingerprint density at radius 3 is 2.85 bits per heavy atom. The van der Waals surface area contributed by atoms with Crippen LogP contribution in [0, 0.1) is 0 Å². The lowest BCUT2D eigenvalue weighted by Gasteiger charge is -2.01. The van der Waals surface area contributed by atoms with Crippen LogP contribution in [0.25, 0.3) is 0 Å². The van der Waals surface area contributed by atoms with E-state index in [-0.39, 0.29) is 0 Å². The highest BCUT2D eigenvalue weighted by Gasteiger charge is 1.94. The van der Waals surface area contributed by atoms with E-state index < -0.39 is 0 Å². The van der Waals surface area contributed by atoms with Crippen LogP contribution in [0.2, 0.25) is 0 Å². The summed E-state index contributed by atoms with van der Waals surface area (Å²) in [4.78, 5) is 0. The van der Waals surface area contributed by atoms with Crippen molar-refractivity contribution in [1.82, 2.24) is 5.32 Å². The number of hydrogen-bond donors (Lipinski definition) is 2. The van der Waals surface area contributed by atoms with E-state index in [1.165, 1.54) is 18.4 Å². The Balaban J connectivity index is 2.28. The van der Waals surface area contributed by atoms with Crippen molar-refractivity contribution >= 4 is 0 Å². The number of rotatable bonds is 5. The van der Waals surface area contributed by atoms with Crippen LogP contribution in [0.1, 0.15) is 18.4 Å². The van der Waals surface area contributed by atoms with E-state index in [4.69, 9.17) is 0 Å². The van der Waals surface area contributed by atoms with E-state index in [2.05, 4.69) is 11.4 Å². The molecule has 2 nitrogen and oxygen atoms in total. The number of phenols is 1. The predicted octanol–water partition coefficient (Wildman–Crippen LogP) is 1.93. The maximum absolute atomic E-state index is 9.20. The summed E-state index contributed by atoms with van der Waals surface area (Å²) in [6.07, 6.45) is 3.41. The van der Waals surface area contributed by atoms with Crippen molar-refractivity contribution in [2.24, 2.45) is 0 Å². The molecular weight excluding hydrogens is 162 g/mol. The summed E-state index contributed by atoms with van der Waals surface area (Å²) in [6.45, 7) is 1.07. The van der Waals surface area contributed by atoms with Crippen molar-refractivity contribution in [3.05, 3.63) is 29.8 Å². The van der Waals surface area contributed by atoms with Gasteiger partial charge in [0.15, 0.2) is 0 Å². The van der Waals surface area contributed by atoms with E-state index in [1.54, 1.807) is 6.07 Å². The minimum Gasteiger partial charge on any atom is -0.508 e. The Hall–Kier alpha value is -1.02. The first-order chi connectivity index (χ1) is 6.33. The average molecular weight is 179 g/mol. The minimum atomic E-state index is 0.367. The quantitative estimate of drug-likeness (QED) is 0.677. The summed E-state index contributed by atoms with van der Waals surface area (Å²) < 4.78 is 0. The van der Waals surface area contributed by atoms with Gasteiger partial charge in [0.05, 0.1) is 0 Å². The van der Waals surface area contributed by atoms with Crippen molar-refractivity contribution in [2.75, 3.05) is 13.6 Å². The van der Waals surface area contributed by atoms with Crippen LogP contribution in [0.5, 0.6) is 5.75 Å². The van der Waals surface area contributed by atoms with Gasteiger partial charge in [0.1, 0.15) is 5.75 Å². The summed E-state index contributed by atoms with van der Waals surface area (Å²) in [5, 5.41) is 12.3. The Morgan fingerprint density at radius 1 is 1.31 bits per heavy atom. The van der Waals surface area contributed by atoms with Gasteiger partial charge in [-0.15, -0.1) is 0 Å². The summed E-state index contributed by atoms with van der Waals surface area (Å²) in [6, 6.07) is 7.48. The number of unbranched alkanes of at least 4 members (excludes halogenated alkanes) is 1. The van der Waals surface area contributed by atoms with Crippen LogP contribution >= 0.6 is 0 Å². The Labute approximate surface area is 79.6 Å². The lowest BCUT2D eigenvalue weighted by molar-refractivity contribution is 0.474. The van der Waals surface area contributed by atoms with Gasteiger partial charge in [-0.1, -0.05) is 12.1 Å². The molecule has 0 aliphatic heterocycles. The third-order valence-electron chi connectivity index (χ3n) is 2.05. The zero-order chi connectivity index (χ0) is 9.52. The molecule has 0 radical (unpaired) electrons. The molecule has 2 N–H and O–H groups in total. The fraction of sp³-hybridized carbons (Fsp3) is 0.455. The zero-order valence-electron chi connectivity index (χ0n) is 8.09. The highest BCUT2D eigenvalue weighted by Crippen LogP contribution is 2.12. The molecule has 0 aliphatic rings. The smallest absolute Gasteiger partial charge is 0.115 e. The molecule has 0 fully saturated rings. The molecule has 72 valence electrons. The molecule has 0 unspecified atom stereocenters. The average Bonchev–Trinajstić information content (AvgIpc) is 2.13. The van der Waals surface area contributed by atoms with Crippen LogP contribution in [0.3, 0.4) is 0 Å². The Kier molecular flexibility index (Phi) is 4.33. The fourth-order valence-electron chi connectivity index (χ4n) is 1.34. The van der Waals surface area contributed by atoms with Gasteiger partial charge >= 0.3 is 0 Å². The largest absolute Gasteiger partial charge is 0.508 e. The fourth-order valence-corrected chi connectivity index (χ4v) is 1.34. The third-order valence-corrected chi connectivity index (χ3v) is 2.05. The summed E-state index contributed by atoms with van der Waals surface area (Å²) in [5.74, 6) is 0.367. The van der Waals surface area contributed by atoms with E-state index in [1.807, 2.05) is 19.2 Å². The number of hydrogen-bond acceptors (Lipinski definition) is 2. The normalized spacial score (nSPS) is 10.2. The molecule has 0 saturated carbocycles. The maximum atomic E-state index is 9.20. The first-order valence-electron chi connectivity index (χ1n) is 4.75. The van der Waals surface area contributed by atoms with Crippen LogP contribution in [-0.2, 0) is 6.42 Å². The Morgan fingerprint density at radius 2 is 2.15 bits per heavy atom. The van der Waals surface area contributed by atoms with E-state index >= 15 is 0 Å². The standard InChI is InChI=1S/C11H17NO/c1-12-8-3-2-5-10-6-4-7-11(13)9-10/h4,6-7,9,12-13H,2-3,5,8H2,1H3. The summed E-state index contributed by atoms with van der Waals surface area (Å²) in [5.41, 5.74) is 1.22. The van der Waals surface area contributed by atoms with Gasteiger partial charge in [0.2, 0.25) is 0 Å². The molecule has 13 heavy (non-hydrogen) atoms. The lowest BCUT2D eigenvalue weighted by atomic mass is 10.1. The number of phenolic OH excluding ortho intramolecular Hbond substituents is 1. The van der Waals surface area contributed by atoms with Gasteiger partial charge in [0, 0.05) is 0 Å². The highest BCUT2D eigenvalue weighted by molar-refractivity contribution is 5.27. The van der Waals surface area contributed by atoms with Crippen LogP contribution in [0.15, 0.2) is 24.3 Å². The van der Waals surface area contributed by atoms with E-state index in [0.717, 1.165) is 13.0 Å². The predicted molar refractivity (Wildman–Crippen MR) is 55.0 cm³/mol. The molecule has 0 spiro atoms. The van der Waals surface area contributed by atoms with Gasteiger partial charge in [0.25, 0.3) is 0 Å². The zero-order valence-corrected chi connectivity index (χ0v) is 8.09. The van der Waals surface area contributed by atoms with Gasteiger partial charge < -0.3 is 10.4 Å². The molecule has 0 aliphatic carbocycles. The summed E-state index contributed by atoms with van der Waals surface area (Å²) >= 11 is 0. The molecule has 1 rings (SSSR count). The van der Waals surface area contributed by atoms with Gasteiger partial charge in [-0.05, 0) is 50.6 Å². The second-order valence-electron chi connectivity index (χ2n) is 3.23. The second kappa shape index (κ2) is 5.60. The van der Waals surface area contributed by atoms with Crippen molar-refractivity contribution in [3.63, 3.8) is 0 Å². The second-order valence-corrected chi connectivity index (χ2v) is 3.23. The van der Waals surface area contributed by atoms with E-state index in [9.17, 15) is 5.11 Å². The molecule has 0 heterocycles. The molecule has 0 amide bonds. The first kappa shape index (κ1) is 10.1. The molecule has 0 atom stereocenters. The number of benzene rings is 1. The topological polar surface area (TPSA) is 32.3 Å². The minimum absolute atomic E-state index is 0.367. The van der Waals surface area contributed by atoms with Crippen LogP contribution in [-0.4, -0.2) is 18.7 Å². The number of aryl methyl sites for hydroxylation is 1. The SMILES string of the molecule is CNCCCCc1cccc(O)c1. The molecule has 0 saturated heterocycles. The molecule has 1 aromatic rings. The van der Waals surface area contributed by atoms with Gasteiger partial charge in [-0.3, -0.25) is 0 Å². The van der Waals surface area contributed by atoms with Crippen molar-refractivity contribution < 1.29 is 5.11 Å². The van der Waals surface area contributed by atoms with Crippen LogP contribution in [0.4, 0.5) is 0 Å². The van der Waals surface area contributed by atoms with Crippen LogP contribution < -0.4 is 5.32 Å². The summed E-state index contributed by atoms with van der Waals surface area (Å²) in [7, 11) is 1.97. The molecule has 2 heteroatoms. The third kappa shape index (κ3) is 3.95.